The van der Waals surface area contributed by atoms with Crippen LogP contribution in [0.15, 0.2) is 24.3 Å². The predicted molar refractivity (Wildman–Crippen MR) is 114 cm³/mol. The number of carbonyl (C=O) groups excluding carboxylic acids is 1. The maximum atomic E-state index is 12.7. The maximum Gasteiger partial charge on any atom is 0.253 e. The van der Waals surface area contributed by atoms with Gasteiger partial charge in [-0.2, -0.15) is 0 Å². The summed E-state index contributed by atoms with van der Waals surface area (Å²) in [6.07, 6.45) is 6.29. The maximum absolute atomic E-state index is 12.7. The Morgan fingerprint density at radius 1 is 1.17 bits per heavy atom. The highest BCUT2D eigenvalue weighted by atomic mass is 16.5. The van der Waals surface area contributed by atoms with E-state index in [4.69, 9.17) is 14.6 Å². The fourth-order valence-electron chi connectivity index (χ4n) is 4.24. The standard InChI is InChI=1S/C23H32N2O4/c1-16-19(23(27)24-11-12-26)14-21(25(16)15-17-7-5-4-6-8-17)20-13-18(28-2)9-10-22(20)29-3/h9-10,13-14,17,26H,4-8,11-12,15H2,1-3H3,(H,24,27). The van der Waals surface area contributed by atoms with E-state index in [-0.39, 0.29) is 19.1 Å². The quantitative estimate of drug-likeness (QED) is 0.707. The number of aliphatic hydroxyl groups excluding tert-OH is 1. The van der Waals surface area contributed by atoms with Gasteiger partial charge in [0, 0.05) is 24.3 Å². The molecule has 1 aliphatic rings. The third-order valence-corrected chi connectivity index (χ3v) is 5.86. The molecule has 2 N–H and O–H groups in total. The van der Waals surface area contributed by atoms with Gasteiger partial charge in [-0.3, -0.25) is 4.79 Å². The Morgan fingerprint density at radius 3 is 2.59 bits per heavy atom. The monoisotopic (exact) mass is 400 g/mol. The SMILES string of the molecule is COc1ccc(OC)c(-c2cc(C(=O)NCCO)c(C)n2CC2CCCCC2)c1. The molecule has 6 heteroatoms. The number of nitrogens with one attached hydrogen (secondary N) is 1. The summed E-state index contributed by atoms with van der Waals surface area (Å²) in [5, 5.41) is 11.8. The minimum atomic E-state index is -0.165. The number of aliphatic hydroxyl groups is 1. The van der Waals surface area contributed by atoms with Crippen molar-refractivity contribution in [2.45, 2.75) is 45.6 Å². The van der Waals surface area contributed by atoms with E-state index in [9.17, 15) is 4.79 Å². The van der Waals surface area contributed by atoms with Gasteiger partial charge in [0.1, 0.15) is 11.5 Å². The Kier molecular flexibility index (Phi) is 7.20. The van der Waals surface area contributed by atoms with Gasteiger partial charge in [-0.25, -0.2) is 0 Å². The van der Waals surface area contributed by atoms with Gasteiger partial charge in [-0.15, -0.1) is 0 Å². The number of amides is 1. The number of rotatable bonds is 8. The van der Waals surface area contributed by atoms with Gasteiger partial charge in [0.2, 0.25) is 0 Å². The van der Waals surface area contributed by atoms with Crippen LogP contribution in [0.3, 0.4) is 0 Å². The zero-order chi connectivity index (χ0) is 20.8. The molecule has 1 amide bonds. The van der Waals surface area contributed by atoms with Crippen LogP contribution in [-0.4, -0.2) is 43.0 Å². The number of carbonyl (C=O) groups is 1. The summed E-state index contributed by atoms with van der Waals surface area (Å²) in [5.74, 6) is 1.94. The van der Waals surface area contributed by atoms with Crippen molar-refractivity contribution in [3.63, 3.8) is 0 Å². The fraction of sp³-hybridized carbons (Fsp3) is 0.522. The lowest BCUT2D eigenvalue weighted by Gasteiger charge is -2.24. The molecule has 1 aliphatic carbocycles. The first-order valence-corrected chi connectivity index (χ1v) is 10.4. The van der Waals surface area contributed by atoms with E-state index in [2.05, 4.69) is 9.88 Å². The van der Waals surface area contributed by atoms with Crippen LogP contribution in [-0.2, 0) is 6.54 Å². The van der Waals surface area contributed by atoms with Gasteiger partial charge in [-0.05, 0) is 49.9 Å². The molecule has 0 atom stereocenters. The Balaban J connectivity index is 2.07. The van der Waals surface area contributed by atoms with E-state index in [0.717, 1.165) is 35.0 Å². The lowest BCUT2D eigenvalue weighted by atomic mass is 9.89. The van der Waals surface area contributed by atoms with Gasteiger partial charge in [0.05, 0.1) is 32.1 Å². The normalized spacial score (nSPS) is 14.6. The van der Waals surface area contributed by atoms with Gasteiger partial charge >= 0.3 is 0 Å². The zero-order valence-electron chi connectivity index (χ0n) is 17.7. The van der Waals surface area contributed by atoms with E-state index in [1.165, 1.54) is 32.1 Å². The van der Waals surface area contributed by atoms with Gasteiger partial charge in [-0.1, -0.05) is 19.3 Å². The van der Waals surface area contributed by atoms with Crippen LogP contribution in [0.25, 0.3) is 11.3 Å². The van der Waals surface area contributed by atoms with Crippen LogP contribution < -0.4 is 14.8 Å². The highest BCUT2D eigenvalue weighted by Crippen LogP contribution is 2.37. The molecule has 1 fully saturated rings. The second-order valence-electron chi connectivity index (χ2n) is 7.69. The third kappa shape index (κ3) is 4.75. The average Bonchev–Trinajstić information content (AvgIpc) is 3.08. The van der Waals surface area contributed by atoms with Crippen molar-refractivity contribution in [1.29, 1.82) is 0 Å². The molecule has 0 spiro atoms. The Bertz CT molecular complexity index is 838. The van der Waals surface area contributed by atoms with Crippen molar-refractivity contribution < 1.29 is 19.4 Å². The number of ether oxygens (including phenoxy) is 2. The summed E-state index contributed by atoms with van der Waals surface area (Å²) in [6, 6.07) is 7.66. The number of aromatic nitrogens is 1. The summed E-state index contributed by atoms with van der Waals surface area (Å²) in [5.41, 5.74) is 3.44. The molecular weight excluding hydrogens is 368 g/mol. The van der Waals surface area contributed by atoms with Crippen LogP contribution in [0.1, 0.15) is 48.2 Å². The van der Waals surface area contributed by atoms with Gasteiger partial charge in [0.15, 0.2) is 0 Å². The summed E-state index contributed by atoms with van der Waals surface area (Å²) >= 11 is 0. The van der Waals surface area contributed by atoms with Crippen LogP contribution in [0.2, 0.25) is 0 Å². The molecule has 158 valence electrons. The predicted octanol–water partition coefficient (Wildman–Crippen LogP) is 3.78. The molecule has 1 aromatic heterocycles. The largest absolute Gasteiger partial charge is 0.497 e. The lowest BCUT2D eigenvalue weighted by Crippen LogP contribution is -2.27. The van der Waals surface area contributed by atoms with Crippen LogP contribution in [0, 0.1) is 12.8 Å². The molecule has 2 aromatic rings. The molecule has 1 aromatic carbocycles. The third-order valence-electron chi connectivity index (χ3n) is 5.86. The molecule has 0 unspecified atom stereocenters. The highest BCUT2D eigenvalue weighted by Gasteiger charge is 2.23. The first-order chi connectivity index (χ1) is 14.1. The highest BCUT2D eigenvalue weighted by molar-refractivity contribution is 5.97. The smallest absolute Gasteiger partial charge is 0.253 e. The molecule has 6 nitrogen and oxygen atoms in total. The fourth-order valence-corrected chi connectivity index (χ4v) is 4.24. The molecule has 1 saturated carbocycles. The first kappa shape index (κ1) is 21.2. The number of hydrogen-bond acceptors (Lipinski definition) is 4. The minimum absolute atomic E-state index is 0.0792. The second kappa shape index (κ2) is 9.83. The van der Waals surface area contributed by atoms with E-state index in [1.54, 1.807) is 14.2 Å². The van der Waals surface area contributed by atoms with Gasteiger partial charge in [0.25, 0.3) is 5.91 Å². The van der Waals surface area contributed by atoms with E-state index >= 15 is 0 Å². The number of nitrogens with zero attached hydrogens (tertiary/aromatic N) is 1. The van der Waals surface area contributed by atoms with Crippen LogP contribution >= 0.6 is 0 Å². The molecular formula is C23H32N2O4. The first-order valence-electron chi connectivity index (χ1n) is 10.4. The van der Waals surface area contributed by atoms with E-state index < -0.39 is 0 Å². The minimum Gasteiger partial charge on any atom is -0.497 e. The number of benzene rings is 1. The van der Waals surface area contributed by atoms with Crippen molar-refractivity contribution in [2.24, 2.45) is 5.92 Å². The van der Waals surface area contributed by atoms with Crippen LogP contribution in [0.5, 0.6) is 11.5 Å². The molecule has 0 bridgehead atoms. The van der Waals surface area contributed by atoms with E-state index in [1.807, 2.05) is 31.2 Å². The summed E-state index contributed by atoms with van der Waals surface area (Å²) in [4.78, 5) is 12.7. The van der Waals surface area contributed by atoms with Crippen molar-refractivity contribution in [2.75, 3.05) is 27.4 Å². The second-order valence-corrected chi connectivity index (χ2v) is 7.69. The Labute approximate surface area is 172 Å². The van der Waals surface area contributed by atoms with Gasteiger partial charge < -0.3 is 24.5 Å². The molecule has 0 saturated heterocycles. The number of hydrogen-bond donors (Lipinski definition) is 2. The topological polar surface area (TPSA) is 72.7 Å². The molecule has 1 heterocycles. The van der Waals surface area contributed by atoms with Crippen molar-refractivity contribution in [3.8, 4) is 22.8 Å². The van der Waals surface area contributed by atoms with E-state index in [0.29, 0.717) is 11.5 Å². The lowest BCUT2D eigenvalue weighted by molar-refractivity contribution is 0.0944. The molecule has 0 radical (unpaired) electrons. The van der Waals surface area contributed by atoms with Crippen molar-refractivity contribution in [3.05, 3.63) is 35.5 Å². The van der Waals surface area contributed by atoms with Crippen molar-refractivity contribution in [1.82, 2.24) is 9.88 Å². The molecule has 29 heavy (non-hydrogen) atoms. The van der Waals surface area contributed by atoms with Crippen molar-refractivity contribution >= 4 is 5.91 Å². The molecule has 0 aliphatic heterocycles. The zero-order valence-corrected chi connectivity index (χ0v) is 17.7. The summed E-state index contributed by atoms with van der Waals surface area (Å²) in [6.45, 7) is 3.04. The Morgan fingerprint density at radius 2 is 1.93 bits per heavy atom. The molecule has 3 rings (SSSR count). The average molecular weight is 401 g/mol. The Hall–Kier alpha value is -2.47. The van der Waals surface area contributed by atoms with Crippen LogP contribution in [0.4, 0.5) is 0 Å². The summed E-state index contributed by atoms with van der Waals surface area (Å²) < 4.78 is 13.3. The number of methoxy groups -OCH3 is 2. The summed E-state index contributed by atoms with van der Waals surface area (Å²) in [7, 11) is 3.30.